The summed E-state index contributed by atoms with van der Waals surface area (Å²) >= 11 is 0. The molecule has 2 N–H and O–H groups in total. The van der Waals surface area contributed by atoms with Crippen molar-refractivity contribution in [3.05, 3.63) is 35.4 Å². The van der Waals surface area contributed by atoms with E-state index in [9.17, 15) is 13.6 Å². The van der Waals surface area contributed by atoms with Crippen LogP contribution in [0.4, 0.5) is 8.78 Å². The van der Waals surface area contributed by atoms with Crippen LogP contribution in [-0.4, -0.2) is 23.7 Å². The number of hydrogen-bond donors (Lipinski definition) is 2. The maximum absolute atomic E-state index is 13.2. The van der Waals surface area contributed by atoms with Gasteiger partial charge in [-0.2, -0.15) is 0 Å². The minimum atomic E-state index is -0.744. The number of nitrogens with one attached hydrogen (secondary N) is 1. The van der Waals surface area contributed by atoms with Crippen LogP contribution in [0.5, 0.6) is 0 Å². The van der Waals surface area contributed by atoms with Crippen molar-refractivity contribution in [3.63, 3.8) is 0 Å². The second kappa shape index (κ2) is 5.55. The molecule has 1 unspecified atom stereocenters. The van der Waals surface area contributed by atoms with Gasteiger partial charge in [-0.25, -0.2) is 8.78 Å². The van der Waals surface area contributed by atoms with Crippen LogP contribution < -0.4 is 5.32 Å². The van der Waals surface area contributed by atoms with E-state index >= 15 is 0 Å². The SMILES string of the molecule is CC(CO)NC(=O)Cc1ccc(F)cc1F. The Balaban J connectivity index is 2.63. The topological polar surface area (TPSA) is 49.3 Å². The summed E-state index contributed by atoms with van der Waals surface area (Å²) in [6.45, 7) is 1.44. The summed E-state index contributed by atoms with van der Waals surface area (Å²) in [4.78, 5) is 11.3. The van der Waals surface area contributed by atoms with Crippen molar-refractivity contribution in [1.82, 2.24) is 5.32 Å². The quantitative estimate of drug-likeness (QED) is 0.809. The molecule has 1 rings (SSSR count). The zero-order valence-electron chi connectivity index (χ0n) is 8.84. The van der Waals surface area contributed by atoms with Gasteiger partial charge in [0.15, 0.2) is 0 Å². The van der Waals surface area contributed by atoms with Gasteiger partial charge >= 0.3 is 0 Å². The van der Waals surface area contributed by atoms with Crippen molar-refractivity contribution in [2.45, 2.75) is 19.4 Å². The van der Waals surface area contributed by atoms with Crippen LogP contribution in [0.3, 0.4) is 0 Å². The number of benzene rings is 1. The number of rotatable bonds is 4. The van der Waals surface area contributed by atoms with Gasteiger partial charge in [0.25, 0.3) is 0 Å². The standard InChI is InChI=1S/C11H13F2NO2/c1-7(6-15)14-11(16)4-8-2-3-9(12)5-10(8)13/h2-3,5,7,15H,4,6H2,1H3,(H,14,16). The molecule has 1 atom stereocenters. The highest BCUT2D eigenvalue weighted by Crippen LogP contribution is 2.10. The first-order chi connectivity index (χ1) is 7.52. The van der Waals surface area contributed by atoms with Crippen molar-refractivity contribution in [2.24, 2.45) is 0 Å². The first-order valence-corrected chi connectivity index (χ1v) is 4.87. The van der Waals surface area contributed by atoms with Crippen LogP contribution in [0.2, 0.25) is 0 Å². The summed E-state index contributed by atoms with van der Waals surface area (Å²) < 4.78 is 25.7. The number of aliphatic hydroxyl groups excluding tert-OH is 1. The van der Waals surface area contributed by atoms with Gasteiger partial charge in [0.05, 0.1) is 13.0 Å². The van der Waals surface area contributed by atoms with E-state index in [2.05, 4.69) is 5.32 Å². The number of amides is 1. The Kier molecular flexibility index (Phi) is 4.37. The Hall–Kier alpha value is -1.49. The largest absolute Gasteiger partial charge is 0.394 e. The predicted octanol–water partition coefficient (Wildman–Crippen LogP) is 1.00. The van der Waals surface area contributed by atoms with Crippen molar-refractivity contribution in [3.8, 4) is 0 Å². The number of aliphatic hydroxyl groups is 1. The molecule has 1 aromatic rings. The molecule has 0 aliphatic carbocycles. The molecule has 0 aliphatic heterocycles. The lowest BCUT2D eigenvalue weighted by Gasteiger charge is -2.10. The van der Waals surface area contributed by atoms with Gasteiger partial charge in [-0.05, 0) is 18.6 Å². The van der Waals surface area contributed by atoms with Crippen LogP contribution in [0.1, 0.15) is 12.5 Å². The molecule has 0 saturated heterocycles. The maximum Gasteiger partial charge on any atom is 0.224 e. The summed E-state index contributed by atoms with van der Waals surface area (Å²) in [5.41, 5.74) is 0.129. The molecule has 0 aromatic heterocycles. The van der Waals surface area contributed by atoms with Crippen molar-refractivity contribution >= 4 is 5.91 Å². The monoisotopic (exact) mass is 229 g/mol. The Morgan fingerprint density at radius 1 is 1.50 bits per heavy atom. The first kappa shape index (κ1) is 12.6. The lowest BCUT2D eigenvalue weighted by atomic mass is 10.1. The van der Waals surface area contributed by atoms with Crippen LogP contribution in [0.15, 0.2) is 18.2 Å². The normalized spacial score (nSPS) is 12.2. The predicted molar refractivity (Wildman–Crippen MR) is 54.8 cm³/mol. The second-order valence-electron chi connectivity index (χ2n) is 3.56. The van der Waals surface area contributed by atoms with Gasteiger partial charge in [-0.15, -0.1) is 0 Å². The number of carbonyl (C=O) groups excluding carboxylic acids is 1. The molecular formula is C11H13F2NO2. The Labute approximate surface area is 92.1 Å². The molecule has 0 fully saturated rings. The van der Waals surface area contributed by atoms with Crippen molar-refractivity contribution < 1.29 is 18.7 Å². The van der Waals surface area contributed by atoms with Crippen LogP contribution in [0, 0.1) is 11.6 Å². The average Bonchev–Trinajstić information content (AvgIpc) is 2.22. The fraction of sp³-hybridized carbons (Fsp3) is 0.364. The van der Waals surface area contributed by atoms with E-state index in [1.165, 1.54) is 6.07 Å². The lowest BCUT2D eigenvalue weighted by molar-refractivity contribution is -0.121. The van der Waals surface area contributed by atoms with Gasteiger partial charge in [-0.1, -0.05) is 6.07 Å². The molecule has 0 spiro atoms. The molecule has 0 bridgehead atoms. The summed E-state index contributed by atoms with van der Waals surface area (Å²) in [7, 11) is 0. The molecule has 5 heteroatoms. The summed E-state index contributed by atoms with van der Waals surface area (Å²) in [5, 5.41) is 11.2. The molecule has 0 aliphatic rings. The third-order valence-corrected chi connectivity index (χ3v) is 2.05. The third kappa shape index (κ3) is 3.58. The second-order valence-corrected chi connectivity index (χ2v) is 3.56. The van der Waals surface area contributed by atoms with Gasteiger partial charge in [-0.3, -0.25) is 4.79 Å². The molecular weight excluding hydrogens is 216 g/mol. The van der Waals surface area contributed by atoms with Crippen LogP contribution in [-0.2, 0) is 11.2 Å². The van der Waals surface area contributed by atoms with E-state index in [1.54, 1.807) is 6.92 Å². The Morgan fingerprint density at radius 2 is 2.19 bits per heavy atom. The van der Waals surface area contributed by atoms with Gasteiger partial charge in [0.1, 0.15) is 11.6 Å². The zero-order chi connectivity index (χ0) is 12.1. The van der Waals surface area contributed by atoms with E-state index in [1.807, 2.05) is 0 Å². The Morgan fingerprint density at radius 3 is 2.75 bits per heavy atom. The number of carbonyl (C=O) groups is 1. The minimum Gasteiger partial charge on any atom is -0.394 e. The van der Waals surface area contributed by atoms with E-state index in [-0.39, 0.29) is 24.6 Å². The Bertz CT molecular complexity index is 382. The van der Waals surface area contributed by atoms with Crippen molar-refractivity contribution in [1.29, 1.82) is 0 Å². The highest BCUT2D eigenvalue weighted by molar-refractivity contribution is 5.78. The van der Waals surface area contributed by atoms with Crippen LogP contribution >= 0.6 is 0 Å². The van der Waals surface area contributed by atoms with Gasteiger partial charge in [0, 0.05) is 12.1 Å². The van der Waals surface area contributed by atoms with Gasteiger partial charge in [0.2, 0.25) is 5.91 Å². The first-order valence-electron chi connectivity index (χ1n) is 4.87. The maximum atomic E-state index is 13.2. The molecule has 3 nitrogen and oxygen atoms in total. The van der Waals surface area contributed by atoms with E-state index in [4.69, 9.17) is 5.11 Å². The van der Waals surface area contributed by atoms with E-state index in [0.717, 1.165) is 12.1 Å². The third-order valence-electron chi connectivity index (χ3n) is 2.05. The molecule has 0 radical (unpaired) electrons. The highest BCUT2D eigenvalue weighted by atomic mass is 19.1. The molecule has 16 heavy (non-hydrogen) atoms. The highest BCUT2D eigenvalue weighted by Gasteiger charge is 2.10. The number of hydrogen-bond acceptors (Lipinski definition) is 2. The minimum absolute atomic E-state index is 0.129. The van der Waals surface area contributed by atoms with E-state index < -0.39 is 17.5 Å². The summed E-state index contributed by atoms with van der Waals surface area (Å²) in [5.74, 6) is -1.83. The van der Waals surface area contributed by atoms with E-state index in [0.29, 0.717) is 0 Å². The zero-order valence-corrected chi connectivity index (χ0v) is 8.84. The molecule has 1 amide bonds. The van der Waals surface area contributed by atoms with Crippen LogP contribution in [0.25, 0.3) is 0 Å². The number of halogens is 2. The fourth-order valence-electron chi connectivity index (χ4n) is 1.21. The van der Waals surface area contributed by atoms with Gasteiger partial charge < -0.3 is 10.4 Å². The smallest absolute Gasteiger partial charge is 0.224 e. The fourth-order valence-corrected chi connectivity index (χ4v) is 1.21. The van der Waals surface area contributed by atoms with Crippen molar-refractivity contribution in [2.75, 3.05) is 6.61 Å². The molecule has 0 saturated carbocycles. The molecule has 1 aromatic carbocycles. The lowest BCUT2D eigenvalue weighted by Crippen LogP contribution is -2.36. The summed E-state index contributed by atoms with van der Waals surface area (Å²) in [6, 6.07) is 2.68. The summed E-state index contributed by atoms with van der Waals surface area (Å²) in [6.07, 6.45) is -0.170. The average molecular weight is 229 g/mol. The molecule has 88 valence electrons. The molecule has 0 heterocycles.